The van der Waals surface area contributed by atoms with Gasteiger partial charge in [0.05, 0.1) is 11.6 Å². The van der Waals surface area contributed by atoms with Crippen LogP contribution < -0.4 is 5.32 Å². The van der Waals surface area contributed by atoms with Crippen LogP contribution in [-0.4, -0.2) is 21.0 Å². The van der Waals surface area contributed by atoms with E-state index in [1.165, 1.54) is 11.3 Å². The van der Waals surface area contributed by atoms with E-state index in [4.69, 9.17) is 0 Å². The quantitative estimate of drug-likeness (QED) is 0.770. The highest BCUT2D eigenvalue weighted by atomic mass is 32.1. The number of pyridine rings is 1. The summed E-state index contributed by atoms with van der Waals surface area (Å²) < 4.78 is 0. The zero-order valence-electron chi connectivity index (χ0n) is 11.3. The van der Waals surface area contributed by atoms with Crippen molar-refractivity contribution in [3.63, 3.8) is 0 Å². The van der Waals surface area contributed by atoms with Gasteiger partial charge in [-0.3, -0.25) is 0 Å². The molecule has 0 fully saturated rings. The smallest absolute Gasteiger partial charge is 0.339 e. The van der Waals surface area contributed by atoms with Crippen molar-refractivity contribution in [2.45, 2.75) is 13.0 Å². The monoisotopic (exact) mass is 299 g/mol. The number of para-hydroxylation sites is 1. The Kier molecular flexibility index (Phi) is 3.53. The van der Waals surface area contributed by atoms with Crippen molar-refractivity contribution in [2.75, 3.05) is 5.32 Å². The second-order valence-electron chi connectivity index (χ2n) is 4.62. The normalized spacial score (nSPS) is 12.2. The molecule has 2 N–H and O–H groups in total. The maximum absolute atomic E-state index is 11.4. The van der Waals surface area contributed by atoms with Gasteiger partial charge in [-0.1, -0.05) is 18.2 Å². The highest BCUT2D eigenvalue weighted by Crippen LogP contribution is 2.25. The molecule has 1 aromatic carbocycles. The largest absolute Gasteiger partial charge is 0.478 e. The molecule has 0 saturated heterocycles. The van der Waals surface area contributed by atoms with Crippen molar-refractivity contribution in [1.82, 2.24) is 9.97 Å². The van der Waals surface area contributed by atoms with Gasteiger partial charge in [0.25, 0.3) is 0 Å². The van der Waals surface area contributed by atoms with Crippen molar-refractivity contribution in [3.05, 3.63) is 52.5 Å². The summed E-state index contributed by atoms with van der Waals surface area (Å²) in [6.45, 7) is 1.93. The minimum Gasteiger partial charge on any atom is -0.478 e. The van der Waals surface area contributed by atoms with Crippen molar-refractivity contribution in [2.24, 2.45) is 0 Å². The molecule has 0 aliphatic carbocycles. The molecule has 0 aliphatic heterocycles. The van der Waals surface area contributed by atoms with Crippen molar-refractivity contribution in [3.8, 4) is 0 Å². The van der Waals surface area contributed by atoms with E-state index in [2.05, 4.69) is 15.3 Å². The highest BCUT2D eigenvalue weighted by molar-refractivity contribution is 7.09. The molecule has 106 valence electrons. The van der Waals surface area contributed by atoms with Gasteiger partial charge < -0.3 is 10.4 Å². The van der Waals surface area contributed by atoms with Gasteiger partial charge in [-0.15, -0.1) is 11.3 Å². The van der Waals surface area contributed by atoms with Gasteiger partial charge in [-0.2, -0.15) is 0 Å². The molecule has 6 heteroatoms. The summed E-state index contributed by atoms with van der Waals surface area (Å²) in [5, 5.41) is 16.1. The van der Waals surface area contributed by atoms with E-state index in [0.717, 1.165) is 15.9 Å². The summed E-state index contributed by atoms with van der Waals surface area (Å²) in [5.41, 5.74) is 0.924. The minimum absolute atomic E-state index is 0.100. The van der Waals surface area contributed by atoms with Crippen LogP contribution in [0.15, 0.2) is 41.9 Å². The molecule has 2 aromatic heterocycles. The number of benzene rings is 1. The number of aromatic nitrogens is 2. The second kappa shape index (κ2) is 5.49. The number of carboxylic acid groups (broad SMARTS) is 1. The Morgan fingerprint density at radius 1 is 1.38 bits per heavy atom. The van der Waals surface area contributed by atoms with Crippen LogP contribution in [0, 0.1) is 0 Å². The molecule has 3 rings (SSSR count). The first-order valence-corrected chi connectivity index (χ1v) is 7.32. The predicted octanol–water partition coefficient (Wildman–Crippen LogP) is 3.56. The number of hydrogen-bond acceptors (Lipinski definition) is 5. The number of nitrogens with zero attached hydrogens (tertiary/aromatic N) is 2. The number of fused-ring (bicyclic) bond motifs is 1. The molecule has 0 spiro atoms. The molecule has 3 aromatic rings. The molecule has 0 aliphatic rings. The lowest BCUT2D eigenvalue weighted by Crippen LogP contribution is -2.12. The summed E-state index contributed by atoms with van der Waals surface area (Å²) in [6.07, 6.45) is 1.73. The molecular weight excluding hydrogens is 286 g/mol. The van der Waals surface area contributed by atoms with Crippen LogP contribution in [0.5, 0.6) is 0 Å². The van der Waals surface area contributed by atoms with Gasteiger partial charge in [-0.25, -0.2) is 14.8 Å². The van der Waals surface area contributed by atoms with Crippen LogP contribution in [-0.2, 0) is 0 Å². The first-order chi connectivity index (χ1) is 10.1. The fourth-order valence-corrected chi connectivity index (χ4v) is 2.75. The first-order valence-electron chi connectivity index (χ1n) is 6.44. The fraction of sp³-hybridized carbons (Fsp3) is 0.133. The fourth-order valence-electron chi connectivity index (χ4n) is 2.10. The molecule has 1 unspecified atom stereocenters. The molecule has 0 bridgehead atoms. The summed E-state index contributed by atoms with van der Waals surface area (Å²) in [4.78, 5) is 20.1. The van der Waals surface area contributed by atoms with Gasteiger partial charge in [0.15, 0.2) is 0 Å². The van der Waals surface area contributed by atoms with Crippen LogP contribution in [0.3, 0.4) is 0 Å². The number of aromatic carboxylic acids is 1. The van der Waals surface area contributed by atoms with Gasteiger partial charge in [-0.05, 0) is 19.1 Å². The van der Waals surface area contributed by atoms with Gasteiger partial charge in [0.2, 0.25) is 0 Å². The molecule has 5 nitrogen and oxygen atoms in total. The Morgan fingerprint density at radius 2 is 2.19 bits per heavy atom. The van der Waals surface area contributed by atoms with Crippen LogP contribution in [0.1, 0.15) is 28.3 Å². The molecule has 2 heterocycles. The van der Waals surface area contributed by atoms with Crippen LogP contribution >= 0.6 is 11.3 Å². The summed E-state index contributed by atoms with van der Waals surface area (Å²) >= 11 is 1.52. The molecule has 0 radical (unpaired) electrons. The number of thiazole rings is 1. The summed E-state index contributed by atoms with van der Waals surface area (Å²) in [6, 6.07) is 8.99. The molecular formula is C15H13N3O2S. The third kappa shape index (κ3) is 2.71. The van der Waals surface area contributed by atoms with Crippen molar-refractivity contribution < 1.29 is 9.90 Å². The topological polar surface area (TPSA) is 75.1 Å². The Morgan fingerprint density at radius 3 is 2.90 bits per heavy atom. The van der Waals surface area contributed by atoms with E-state index in [0.29, 0.717) is 5.82 Å². The first kappa shape index (κ1) is 13.5. The number of rotatable bonds is 4. The van der Waals surface area contributed by atoms with E-state index in [9.17, 15) is 9.90 Å². The van der Waals surface area contributed by atoms with E-state index >= 15 is 0 Å². The third-order valence-corrected chi connectivity index (χ3v) is 4.09. The Bertz CT molecular complexity index is 787. The average molecular weight is 299 g/mol. The predicted molar refractivity (Wildman–Crippen MR) is 82.9 cm³/mol. The van der Waals surface area contributed by atoms with E-state index < -0.39 is 5.97 Å². The number of nitrogens with one attached hydrogen (secondary N) is 1. The number of carboxylic acids is 1. The lowest BCUT2D eigenvalue weighted by molar-refractivity contribution is 0.0697. The third-order valence-electron chi connectivity index (χ3n) is 3.13. The number of hydrogen-bond donors (Lipinski definition) is 2. The number of carbonyl (C=O) groups is 1. The molecule has 0 saturated carbocycles. The van der Waals surface area contributed by atoms with Crippen LogP contribution in [0.4, 0.5) is 5.82 Å². The standard InChI is InChI=1S/C15H13N3O2S/c1-9(14-16-6-7-21-14)17-13-11(15(19)20)8-10-4-2-3-5-12(10)18-13/h2-9H,1H3,(H,17,18)(H,19,20). The highest BCUT2D eigenvalue weighted by Gasteiger charge is 2.16. The van der Waals surface area contributed by atoms with Crippen molar-refractivity contribution >= 4 is 34.0 Å². The van der Waals surface area contributed by atoms with E-state index in [1.807, 2.05) is 36.6 Å². The van der Waals surface area contributed by atoms with Gasteiger partial charge in [0.1, 0.15) is 16.4 Å². The van der Waals surface area contributed by atoms with Crippen LogP contribution in [0.2, 0.25) is 0 Å². The number of anilines is 1. The molecule has 0 amide bonds. The average Bonchev–Trinajstić information content (AvgIpc) is 3.00. The second-order valence-corrected chi connectivity index (χ2v) is 5.54. The Hall–Kier alpha value is -2.47. The SMILES string of the molecule is CC(Nc1nc2ccccc2cc1C(=O)O)c1nccs1. The zero-order chi connectivity index (χ0) is 14.8. The zero-order valence-corrected chi connectivity index (χ0v) is 12.1. The Labute approximate surface area is 125 Å². The van der Waals surface area contributed by atoms with Gasteiger partial charge >= 0.3 is 5.97 Å². The van der Waals surface area contributed by atoms with Crippen molar-refractivity contribution in [1.29, 1.82) is 0 Å². The molecule has 21 heavy (non-hydrogen) atoms. The summed E-state index contributed by atoms with van der Waals surface area (Å²) in [7, 11) is 0. The van der Waals surface area contributed by atoms with Crippen LogP contribution in [0.25, 0.3) is 10.9 Å². The van der Waals surface area contributed by atoms with E-state index in [-0.39, 0.29) is 11.6 Å². The lowest BCUT2D eigenvalue weighted by atomic mass is 10.1. The maximum atomic E-state index is 11.4. The maximum Gasteiger partial charge on any atom is 0.339 e. The Balaban J connectivity index is 2.03. The van der Waals surface area contributed by atoms with Gasteiger partial charge in [0, 0.05) is 17.0 Å². The van der Waals surface area contributed by atoms with E-state index in [1.54, 1.807) is 12.3 Å². The lowest BCUT2D eigenvalue weighted by Gasteiger charge is -2.14. The minimum atomic E-state index is -0.998. The summed E-state index contributed by atoms with van der Waals surface area (Å²) in [5.74, 6) is -0.633. The molecule has 1 atom stereocenters.